The average Bonchev–Trinajstić information content (AvgIpc) is 2.00. The highest BCUT2D eigenvalue weighted by Crippen LogP contribution is 2.47. The summed E-state index contributed by atoms with van der Waals surface area (Å²) in [7, 11) is -3.33. The summed E-state index contributed by atoms with van der Waals surface area (Å²) in [4.78, 5) is 9.27. The topological polar surface area (TPSA) is 46.5 Å². The Kier molecular flexibility index (Phi) is 5.07. The molecule has 0 saturated heterocycles. The molecule has 0 aliphatic carbocycles. The van der Waals surface area contributed by atoms with Gasteiger partial charge in [-0.2, -0.15) is 0 Å². The van der Waals surface area contributed by atoms with Crippen molar-refractivity contribution in [3.63, 3.8) is 0 Å². The second-order valence-corrected chi connectivity index (χ2v) is 5.89. The maximum absolute atomic E-state index is 11.3. The van der Waals surface area contributed by atoms with Crippen LogP contribution in [0.3, 0.4) is 0 Å². The van der Waals surface area contributed by atoms with Crippen LogP contribution in [0.1, 0.15) is 34.1 Å². The van der Waals surface area contributed by atoms with E-state index in [2.05, 4.69) is 0 Å². The molecule has 74 valence electrons. The van der Waals surface area contributed by atoms with Gasteiger partial charge in [-0.05, 0) is 5.92 Å². The molecule has 0 saturated carbocycles. The molecule has 0 aliphatic heterocycles. The summed E-state index contributed by atoms with van der Waals surface area (Å²) >= 11 is 0. The molecular weight excluding hydrogens is 175 g/mol. The van der Waals surface area contributed by atoms with Gasteiger partial charge in [0, 0.05) is 0 Å². The highest BCUT2D eigenvalue weighted by Gasteiger charge is 2.24. The van der Waals surface area contributed by atoms with E-state index < -0.39 is 7.60 Å². The lowest BCUT2D eigenvalue weighted by molar-refractivity contribution is 0.215. The van der Waals surface area contributed by atoms with Gasteiger partial charge in [-0.3, -0.25) is 4.57 Å². The zero-order valence-electron chi connectivity index (χ0n) is 8.28. The van der Waals surface area contributed by atoms with E-state index in [1.807, 2.05) is 13.8 Å². The Hall–Kier alpha value is 0.150. The van der Waals surface area contributed by atoms with E-state index >= 15 is 0 Å². The van der Waals surface area contributed by atoms with Gasteiger partial charge >= 0.3 is 7.60 Å². The summed E-state index contributed by atoms with van der Waals surface area (Å²) in [6.07, 6.45) is 0.970. The Morgan fingerprint density at radius 3 is 2.25 bits per heavy atom. The maximum Gasteiger partial charge on any atom is 0.330 e. The van der Waals surface area contributed by atoms with Crippen LogP contribution in [-0.4, -0.2) is 17.2 Å². The molecule has 0 aromatic heterocycles. The Morgan fingerprint density at radius 2 is 1.92 bits per heavy atom. The molecule has 0 aromatic rings. The standard InChI is InChI=1S/C8H19O3P/c1-5-8(4)6-11-12(9,10)7(2)3/h7-8H,5-6H2,1-4H3,(H,9,10). The third kappa shape index (κ3) is 4.24. The second kappa shape index (κ2) is 5.00. The molecule has 12 heavy (non-hydrogen) atoms. The zero-order chi connectivity index (χ0) is 9.78. The number of hydrogen-bond donors (Lipinski definition) is 1. The van der Waals surface area contributed by atoms with Crippen molar-refractivity contribution in [2.24, 2.45) is 5.92 Å². The molecule has 4 heteroatoms. The van der Waals surface area contributed by atoms with Crippen LogP contribution < -0.4 is 0 Å². The fourth-order valence-electron chi connectivity index (χ4n) is 0.501. The van der Waals surface area contributed by atoms with Gasteiger partial charge in [0.1, 0.15) is 0 Å². The first kappa shape index (κ1) is 12.2. The Morgan fingerprint density at radius 1 is 1.42 bits per heavy atom. The van der Waals surface area contributed by atoms with Crippen molar-refractivity contribution in [1.29, 1.82) is 0 Å². The second-order valence-electron chi connectivity index (χ2n) is 3.47. The van der Waals surface area contributed by atoms with Crippen LogP contribution in [0.4, 0.5) is 0 Å². The van der Waals surface area contributed by atoms with Gasteiger partial charge in [0.15, 0.2) is 0 Å². The van der Waals surface area contributed by atoms with Crippen molar-refractivity contribution >= 4 is 7.60 Å². The van der Waals surface area contributed by atoms with Crippen LogP contribution in [0.25, 0.3) is 0 Å². The molecule has 0 spiro atoms. The van der Waals surface area contributed by atoms with Crippen molar-refractivity contribution in [3.05, 3.63) is 0 Å². The quantitative estimate of drug-likeness (QED) is 0.684. The van der Waals surface area contributed by atoms with Crippen LogP contribution in [0.5, 0.6) is 0 Å². The SMILES string of the molecule is CCC(C)COP(=O)(O)C(C)C. The first-order valence-corrected chi connectivity index (χ1v) is 6.01. The fraction of sp³-hybridized carbons (Fsp3) is 1.00. The molecule has 0 aliphatic rings. The average molecular weight is 194 g/mol. The Labute approximate surface area is 74.7 Å². The van der Waals surface area contributed by atoms with E-state index in [1.165, 1.54) is 0 Å². The van der Waals surface area contributed by atoms with Crippen LogP contribution in [0.15, 0.2) is 0 Å². The minimum absolute atomic E-state index is 0.304. The first-order chi connectivity index (χ1) is 5.40. The zero-order valence-corrected chi connectivity index (χ0v) is 9.17. The highest BCUT2D eigenvalue weighted by atomic mass is 31.2. The summed E-state index contributed by atoms with van der Waals surface area (Å²) < 4.78 is 16.2. The Balaban J connectivity index is 3.84. The lowest BCUT2D eigenvalue weighted by Gasteiger charge is -2.17. The van der Waals surface area contributed by atoms with E-state index in [1.54, 1.807) is 13.8 Å². The van der Waals surface area contributed by atoms with Crippen molar-refractivity contribution in [2.75, 3.05) is 6.61 Å². The Bertz CT molecular complexity index is 168. The fourth-order valence-corrected chi connectivity index (χ4v) is 1.27. The van der Waals surface area contributed by atoms with E-state index in [0.717, 1.165) is 6.42 Å². The van der Waals surface area contributed by atoms with E-state index in [0.29, 0.717) is 12.5 Å². The van der Waals surface area contributed by atoms with Crippen LogP contribution in [-0.2, 0) is 9.09 Å². The van der Waals surface area contributed by atoms with Gasteiger partial charge in [0.2, 0.25) is 0 Å². The molecule has 0 rings (SSSR count). The summed E-state index contributed by atoms with van der Waals surface area (Å²) in [6, 6.07) is 0. The summed E-state index contributed by atoms with van der Waals surface area (Å²) in [5.74, 6) is 0.351. The molecule has 0 fully saturated rings. The van der Waals surface area contributed by atoms with Crippen molar-refractivity contribution in [3.8, 4) is 0 Å². The van der Waals surface area contributed by atoms with Crippen LogP contribution in [0.2, 0.25) is 0 Å². The summed E-state index contributed by atoms with van der Waals surface area (Å²) in [5.41, 5.74) is -0.304. The predicted molar refractivity (Wildman–Crippen MR) is 50.4 cm³/mol. The minimum Gasteiger partial charge on any atom is -0.324 e. The molecular formula is C8H19O3P. The van der Waals surface area contributed by atoms with Gasteiger partial charge in [-0.1, -0.05) is 34.1 Å². The van der Waals surface area contributed by atoms with Gasteiger partial charge in [-0.25, -0.2) is 0 Å². The highest BCUT2D eigenvalue weighted by molar-refractivity contribution is 7.53. The van der Waals surface area contributed by atoms with Crippen LogP contribution >= 0.6 is 7.60 Å². The number of rotatable bonds is 5. The smallest absolute Gasteiger partial charge is 0.324 e. The monoisotopic (exact) mass is 194 g/mol. The van der Waals surface area contributed by atoms with Gasteiger partial charge in [-0.15, -0.1) is 0 Å². The predicted octanol–water partition coefficient (Wildman–Crippen LogP) is 2.64. The third-order valence-electron chi connectivity index (χ3n) is 1.89. The molecule has 2 atom stereocenters. The third-order valence-corrected chi connectivity index (χ3v) is 3.72. The normalized spacial score (nSPS) is 19.2. The van der Waals surface area contributed by atoms with E-state index in [9.17, 15) is 9.46 Å². The van der Waals surface area contributed by atoms with E-state index in [4.69, 9.17) is 4.52 Å². The number of hydrogen-bond acceptors (Lipinski definition) is 2. The summed E-state index contributed by atoms with van der Waals surface area (Å²) in [5, 5.41) is 0. The van der Waals surface area contributed by atoms with Gasteiger partial charge < -0.3 is 9.42 Å². The first-order valence-electron chi connectivity index (χ1n) is 4.37. The van der Waals surface area contributed by atoms with Gasteiger partial charge in [0.25, 0.3) is 0 Å². The molecule has 2 unspecified atom stereocenters. The van der Waals surface area contributed by atoms with Gasteiger partial charge in [0.05, 0.1) is 12.3 Å². The molecule has 0 amide bonds. The molecule has 0 heterocycles. The molecule has 1 N–H and O–H groups in total. The van der Waals surface area contributed by atoms with Crippen LogP contribution in [0, 0.1) is 5.92 Å². The minimum atomic E-state index is -3.33. The van der Waals surface area contributed by atoms with E-state index in [-0.39, 0.29) is 5.66 Å². The molecule has 0 aromatic carbocycles. The van der Waals surface area contributed by atoms with Crippen molar-refractivity contribution in [2.45, 2.75) is 39.8 Å². The maximum atomic E-state index is 11.3. The molecule has 0 bridgehead atoms. The molecule has 3 nitrogen and oxygen atoms in total. The molecule has 0 radical (unpaired) electrons. The lowest BCUT2D eigenvalue weighted by Crippen LogP contribution is -2.07. The largest absolute Gasteiger partial charge is 0.330 e. The van der Waals surface area contributed by atoms with Crippen molar-refractivity contribution in [1.82, 2.24) is 0 Å². The summed E-state index contributed by atoms with van der Waals surface area (Å²) in [6.45, 7) is 7.79. The lowest BCUT2D eigenvalue weighted by atomic mass is 10.1. The van der Waals surface area contributed by atoms with Crippen molar-refractivity contribution < 1.29 is 14.0 Å².